The topological polar surface area (TPSA) is 35.2 Å². The molecule has 0 spiro atoms. The number of nitrogens with two attached hydrogens (primary N) is 1. The van der Waals surface area contributed by atoms with Gasteiger partial charge in [-0.3, -0.25) is 0 Å². The molecular weight excluding hydrogens is 305 g/mol. The summed E-state index contributed by atoms with van der Waals surface area (Å²) in [5.74, 6) is 1.06. The zero-order chi connectivity index (χ0) is 15.4. The number of benzene rings is 2. The highest BCUT2D eigenvalue weighted by atomic mass is 35.5. The van der Waals surface area contributed by atoms with E-state index < -0.39 is 0 Å². The largest absolute Gasteiger partial charge is 0.496 e. The normalized spacial score (nSPS) is 12.2. The van der Waals surface area contributed by atoms with Gasteiger partial charge in [0.25, 0.3) is 0 Å². The first-order valence-electron chi connectivity index (χ1n) is 6.83. The summed E-state index contributed by atoms with van der Waals surface area (Å²) >= 11 is 12.1. The lowest BCUT2D eigenvalue weighted by molar-refractivity contribution is 0.408. The van der Waals surface area contributed by atoms with Gasteiger partial charge in [0.1, 0.15) is 5.75 Å². The standard InChI is InChI=1S/C17H19Cl2NO/c1-11-3-6-17(21-2)13(7-11)8-14(10-20)12-4-5-15(18)16(19)9-12/h3-7,9,14H,8,10,20H2,1-2H3. The maximum Gasteiger partial charge on any atom is 0.122 e. The lowest BCUT2D eigenvalue weighted by Gasteiger charge is -2.18. The molecule has 0 aliphatic rings. The molecule has 0 bridgehead atoms. The molecule has 2 N–H and O–H groups in total. The van der Waals surface area contributed by atoms with Gasteiger partial charge in [-0.2, -0.15) is 0 Å². The zero-order valence-corrected chi connectivity index (χ0v) is 13.7. The van der Waals surface area contributed by atoms with Crippen molar-refractivity contribution in [2.45, 2.75) is 19.3 Å². The molecule has 0 heterocycles. The highest BCUT2D eigenvalue weighted by Gasteiger charge is 2.15. The van der Waals surface area contributed by atoms with Gasteiger partial charge in [-0.25, -0.2) is 0 Å². The van der Waals surface area contributed by atoms with Crippen molar-refractivity contribution in [3.8, 4) is 5.75 Å². The molecule has 0 saturated carbocycles. The van der Waals surface area contributed by atoms with E-state index in [2.05, 4.69) is 13.0 Å². The highest BCUT2D eigenvalue weighted by molar-refractivity contribution is 6.42. The van der Waals surface area contributed by atoms with Crippen LogP contribution in [0.1, 0.15) is 22.6 Å². The highest BCUT2D eigenvalue weighted by Crippen LogP contribution is 2.30. The Morgan fingerprint density at radius 2 is 1.86 bits per heavy atom. The third-order valence-electron chi connectivity index (χ3n) is 3.60. The Balaban J connectivity index is 2.30. The van der Waals surface area contributed by atoms with Crippen LogP contribution in [0.2, 0.25) is 10.0 Å². The van der Waals surface area contributed by atoms with Crippen LogP contribution in [-0.4, -0.2) is 13.7 Å². The van der Waals surface area contributed by atoms with E-state index >= 15 is 0 Å². The number of halogens is 2. The number of hydrogen-bond donors (Lipinski definition) is 1. The van der Waals surface area contributed by atoms with Crippen LogP contribution in [0.4, 0.5) is 0 Å². The molecule has 2 aromatic rings. The minimum atomic E-state index is 0.176. The van der Waals surface area contributed by atoms with E-state index in [1.165, 1.54) is 5.56 Å². The Kier molecular flexibility index (Phi) is 5.51. The van der Waals surface area contributed by atoms with Gasteiger partial charge in [0.15, 0.2) is 0 Å². The summed E-state index contributed by atoms with van der Waals surface area (Å²) in [6.07, 6.45) is 0.805. The maximum absolute atomic E-state index is 6.10. The van der Waals surface area contributed by atoms with E-state index in [9.17, 15) is 0 Å². The quantitative estimate of drug-likeness (QED) is 0.873. The monoisotopic (exact) mass is 323 g/mol. The summed E-state index contributed by atoms with van der Waals surface area (Å²) in [4.78, 5) is 0. The van der Waals surface area contributed by atoms with Crippen molar-refractivity contribution in [2.24, 2.45) is 5.73 Å². The third kappa shape index (κ3) is 3.91. The van der Waals surface area contributed by atoms with Crippen molar-refractivity contribution in [2.75, 3.05) is 13.7 Å². The van der Waals surface area contributed by atoms with Crippen LogP contribution in [0, 0.1) is 6.92 Å². The molecule has 0 radical (unpaired) electrons. The second-order valence-corrected chi connectivity index (χ2v) is 5.94. The molecule has 0 aliphatic heterocycles. The van der Waals surface area contributed by atoms with E-state index in [0.717, 1.165) is 23.3 Å². The van der Waals surface area contributed by atoms with Gasteiger partial charge < -0.3 is 10.5 Å². The Morgan fingerprint density at radius 3 is 2.48 bits per heavy atom. The fraction of sp³-hybridized carbons (Fsp3) is 0.294. The van der Waals surface area contributed by atoms with E-state index in [1.54, 1.807) is 7.11 Å². The average molecular weight is 324 g/mol. The average Bonchev–Trinajstić information content (AvgIpc) is 2.48. The molecule has 0 aromatic heterocycles. The van der Waals surface area contributed by atoms with Crippen LogP contribution < -0.4 is 10.5 Å². The van der Waals surface area contributed by atoms with Gasteiger partial charge in [-0.05, 0) is 49.2 Å². The molecule has 0 aliphatic carbocycles. The fourth-order valence-corrected chi connectivity index (χ4v) is 2.74. The molecule has 1 atom stereocenters. The van der Waals surface area contributed by atoms with Gasteiger partial charge in [0, 0.05) is 5.92 Å². The Labute approximate surface area is 135 Å². The number of hydrogen-bond acceptors (Lipinski definition) is 2. The zero-order valence-electron chi connectivity index (χ0n) is 12.2. The van der Waals surface area contributed by atoms with Crippen molar-refractivity contribution in [1.82, 2.24) is 0 Å². The number of methoxy groups -OCH3 is 1. The van der Waals surface area contributed by atoms with Crippen LogP contribution >= 0.6 is 23.2 Å². The molecule has 0 saturated heterocycles. The van der Waals surface area contributed by atoms with E-state index in [4.69, 9.17) is 33.7 Å². The minimum absolute atomic E-state index is 0.176. The van der Waals surface area contributed by atoms with Crippen LogP contribution in [0.15, 0.2) is 36.4 Å². The van der Waals surface area contributed by atoms with Crippen molar-refractivity contribution in [3.05, 3.63) is 63.1 Å². The molecule has 4 heteroatoms. The van der Waals surface area contributed by atoms with Crippen LogP contribution in [0.5, 0.6) is 5.75 Å². The number of rotatable bonds is 5. The second kappa shape index (κ2) is 7.17. The Morgan fingerprint density at radius 1 is 1.10 bits per heavy atom. The van der Waals surface area contributed by atoms with Crippen molar-refractivity contribution in [3.63, 3.8) is 0 Å². The molecule has 2 nitrogen and oxygen atoms in total. The number of ether oxygens (including phenoxy) is 1. The molecule has 0 amide bonds. The van der Waals surface area contributed by atoms with Gasteiger partial charge in [0.05, 0.1) is 17.2 Å². The first kappa shape index (κ1) is 16.2. The van der Waals surface area contributed by atoms with Crippen LogP contribution in [0.25, 0.3) is 0 Å². The number of aryl methyl sites for hydroxylation is 1. The molecule has 1 unspecified atom stereocenters. The second-order valence-electron chi connectivity index (χ2n) is 5.13. The van der Waals surface area contributed by atoms with Crippen molar-refractivity contribution < 1.29 is 4.74 Å². The molecule has 21 heavy (non-hydrogen) atoms. The summed E-state index contributed by atoms with van der Waals surface area (Å²) in [6, 6.07) is 11.9. The molecule has 0 fully saturated rings. The van der Waals surface area contributed by atoms with Gasteiger partial charge >= 0.3 is 0 Å². The lowest BCUT2D eigenvalue weighted by atomic mass is 9.91. The summed E-state index contributed by atoms with van der Waals surface area (Å²) < 4.78 is 5.44. The minimum Gasteiger partial charge on any atom is -0.496 e. The third-order valence-corrected chi connectivity index (χ3v) is 4.34. The summed E-state index contributed by atoms with van der Waals surface area (Å²) in [5, 5.41) is 1.12. The van der Waals surface area contributed by atoms with Gasteiger partial charge in [-0.15, -0.1) is 0 Å². The summed E-state index contributed by atoms with van der Waals surface area (Å²) in [5.41, 5.74) is 9.40. The molecular formula is C17H19Cl2NO. The predicted molar refractivity (Wildman–Crippen MR) is 89.7 cm³/mol. The first-order chi connectivity index (χ1) is 10.0. The van der Waals surface area contributed by atoms with Crippen molar-refractivity contribution >= 4 is 23.2 Å². The Hall–Kier alpha value is -1.22. The predicted octanol–water partition coefficient (Wildman–Crippen LogP) is 4.60. The van der Waals surface area contributed by atoms with E-state index in [0.29, 0.717) is 16.6 Å². The first-order valence-corrected chi connectivity index (χ1v) is 7.59. The lowest BCUT2D eigenvalue weighted by Crippen LogP contribution is -2.15. The SMILES string of the molecule is COc1ccc(C)cc1CC(CN)c1ccc(Cl)c(Cl)c1. The van der Waals surface area contributed by atoms with E-state index in [1.807, 2.05) is 30.3 Å². The summed E-state index contributed by atoms with van der Waals surface area (Å²) in [7, 11) is 1.69. The van der Waals surface area contributed by atoms with Crippen LogP contribution in [0.3, 0.4) is 0 Å². The molecule has 112 valence electrons. The van der Waals surface area contributed by atoms with Crippen LogP contribution in [-0.2, 0) is 6.42 Å². The molecule has 2 rings (SSSR count). The van der Waals surface area contributed by atoms with Gasteiger partial charge in [0.2, 0.25) is 0 Å². The van der Waals surface area contributed by atoms with E-state index in [-0.39, 0.29) is 5.92 Å². The van der Waals surface area contributed by atoms with Crippen molar-refractivity contribution in [1.29, 1.82) is 0 Å². The van der Waals surface area contributed by atoms with Gasteiger partial charge in [-0.1, -0.05) is 47.0 Å². The maximum atomic E-state index is 6.10. The fourth-order valence-electron chi connectivity index (χ4n) is 2.44. The molecule has 2 aromatic carbocycles. The smallest absolute Gasteiger partial charge is 0.122 e. The summed E-state index contributed by atoms with van der Waals surface area (Å²) in [6.45, 7) is 2.61. The Bertz CT molecular complexity index is 628.